The summed E-state index contributed by atoms with van der Waals surface area (Å²) in [7, 11) is 3.05. The van der Waals surface area contributed by atoms with Gasteiger partial charge in [0.25, 0.3) is 0 Å². The summed E-state index contributed by atoms with van der Waals surface area (Å²) in [5, 5.41) is 6.28. The van der Waals surface area contributed by atoms with E-state index in [1.54, 1.807) is 24.5 Å². The molecule has 0 aliphatic heterocycles. The van der Waals surface area contributed by atoms with Crippen molar-refractivity contribution in [1.82, 2.24) is 5.32 Å². The summed E-state index contributed by atoms with van der Waals surface area (Å²) in [6.07, 6.45) is 1.57. The van der Waals surface area contributed by atoms with Gasteiger partial charge in [0.1, 0.15) is 17.3 Å². The number of hydrogen-bond acceptors (Lipinski definition) is 5. The predicted octanol–water partition coefficient (Wildman–Crippen LogP) is 3.24. The maximum Gasteiger partial charge on any atom is 0.239 e. The number of furan rings is 1. The molecule has 23 heavy (non-hydrogen) atoms. The van der Waals surface area contributed by atoms with Crippen LogP contribution in [0.4, 0.5) is 5.69 Å². The van der Waals surface area contributed by atoms with Crippen molar-refractivity contribution in [2.24, 2.45) is 0 Å². The molecule has 0 spiro atoms. The van der Waals surface area contributed by atoms with Gasteiger partial charge in [-0.15, -0.1) is 0 Å². The second kappa shape index (κ2) is 7.78. The highest BCUT2D eigenvalue weighted by molar-refractivity contribution is 6.32. The van der Waals surface area contributed by atoms with Gasteiger partial charge < -0.3 is 24.5 Å². The van der Waals surface area contributed by atoms with Crippen LogP contribution in [0.1, 0.15) is 18.7 Å². The molecule has 0 saturated carbocycles. The monoisotopic (exact) mass is 338 g/mol. The molecule has 0 bridgehead atoms. The molecule has 2 rings (SSSR count). The largest absolute Gasteiger partial charge is 0.495 e. The summed E-state index contributed by atoms with van der Waals surface area (Å²) in [6.45, 7) is 1.93. The molecule has 0 aliphatic rings. The van der Waals surface area contributed by atoms with Crippen molar-refractivity contribution in [2.45, 2.75) is 13.0 Å². The molecule has 2 N–H and O–H groups in total. The molecule has 2 aromatic rings. The number of hydrogen-bond donors (Lipinski definition) is 2. The number of methoxy groups -OCH3 is 2. The Morgan fingerprint density at radius 1 is 1.30 bits per heavy atom. The number of nitrogens with one attached hydrogen (secondary N) is 2. The summed E-state index contributed by atoms with van der Waals surface area (Å²) in [5.74, 6) is 1.55. The number of halogens is 1. The second-order valence-corrected chi connectivity index (χ2v) is 5.25. The van der Waals surface area contributed by atoms with E-state index in [0.717, 1.165) is 0 Å². The lowest BCUT2D eigenvalue weighted by atomic mass is 10.2. The molecule has 1 heterocycles. The van der Waals surface area contributed by atoms with Crippen LogP contribution in [0.5, 0.6) is 11.5 Å². The highest BCUT2D eigenvalue weighted by Crippen LogP contribution is 2.35. The normalized spacial score (nSPS) is 11.7. The Balaban J connectivity index is 1.98. The van der Waals surface area contributed by atoms with Crippen LogP contribution in [0.15, 0.2) is 34.9 Å². The molecule has 0 fully saturated rings. The SMILES string of the molecule is COc1cc(NCC(=O)NC(C)c2ccco2)c(OC)cc1Cl. The van der Waals surface area contributed by atoms with Gasteiger partial charge in [-0.3, -0.25) is 4.79 Å². The van der Waals surface area contributed by atoms with Crippen LogP contribution < -0.4 is 20.1 Å². The minimum absolute atomic E-state index is 0.0756. The number of benzene rings is 1. The van der Waals surface area contributed by atoms with Crippen LogP contribution >= 0.6 is 11.6 Å². The van der Waals surface area contributed by atoms with E-state index in [-0.39, 0.29) is 18.5 Å². The molecular formula is C16H19ClN2O4. The Morgan fingerprint density at radius 3 is 2.65 bits per heavy atom. The fourth-order valence-corrected chi connectivity index (χ4v) is 2.31. The van der Waals surface area contributed by atoms with Crippen molar-refractivity contribution >= 4 is 23.2 Å². The molecule has 124 valence electrons. The van der Waals surface area contributed by atoms with Gasteiger partial charge in [-0.25, -0.2) is 0 Å². The lowest BCUT2D eigenvalue weighted by molar-refractivity contribution is -0.120. The smallest absolute Gasteiger partial charge is 0.239 e. The summed E-state index contributed by atoms with van der Waals surface area (Å²) in [4.78, 5) is 12.0. The fourth-order valence-electron chi connectivity index (χ4n) is 2.08. The van der Waals surface area contributed by atoms with Crippen molar-refractivity contribution in [3.05, 3.63) is 41.3 Å². The van der Waals surface area contributed by atoms with Crippen molar-refractivity contribution in [1.29, 1.82) is 0 Å². The average molecular weight is 339 g/mol. The Hall–Kier alpha value is -2.34. The van der Waals surface area contributed by atoms with Gasteiger partial charge in [0, 0.05) is 12.1 Å². The highest BCUT2D eigenvalue weighted by atomic mass is 35.5. The van der Waals surface area contributed by atoms with E-state index in [2.05, 4.69) is 10.6 Å². The van der Waals surface area contributed by atoms with Crippen LogP contribution in [0, 0.1) is 0 Å². The van der Waals surface area contributed by atoms with Crippen LogP contribution in [-0.2, 0) is 4.79 Å². The summed E-state index contributed by atoms with van der Waals surface area (Å²) in [5.41, 5.74) is 0.620. The first-order valence-corrected chi connectivity index (χ1v) is 7.41. The standard InChI is InChI=1S/C16H19ClN2O4/c1-10(13-5-4-6-23-13)19-16(20)9-18-12-8-14(21-2)11(17)7-15(12)22-3/h4-8,10,18H,9H2,1-3H3,(H,19,20). The van der Waals surface area contributed by atoms with Gasteiger partial charge in [0.15, 0.2) is 0 Å². The van der Waals surface area contributed by atoms with E-state index in [1.807, 2.05) is 13.0 Å². The zero-order valence-corrected chi connectivity index (χ0v) is 13.9. The molecular weight excluding hydrogens is 320 g/mol. The molecule has 0 aliphatic carbocycles. The quantitative estimate of drug-likeness (QED) is 0.810. The number of anilines is 1. The van der Waals surface area contributed by atoms with E-state index in [4.69, 9.17) is 25.5 Å². The fraction of sp³-hybridized carbons (Fsp3) is 0.312. The van der Waals surface area contributed by atoms with Crippen molar-refractivity contribution in [3.63, 3.8) is 0 Å². The number of carbonyl (C=O) groups is 1. The van der Waals surface area contributed by atoms with Crippen molar-refractivity contribution in [2.75, 3.05) is 26.1 Å². The van der Waals surface area contributed by atoms with E-state index in [1.165, 1.54) is 14.2 Å². The highest BCUT2D eigenvalue weighted by Gasteiger charge is 2.14. The molecule has 1 aromatic carbocycles. The van der Waals surface area contributed by atoms with Gasteiger partial charge in [-0.1, -0.05) is 11.6 Å². The number of rotatable bonds is 7. The first-order valence-electron chi connectivity index (χ1n) is 7.03. The van der Waals surface area contributed by atoms with Gasteiger partial charge in [0.2, 0.25) is 5.91 Å². The maximum absolute atomic E-state index is 12.0. The molecule has 1 unspecified atom stereocenters. The Labute approximate surface area is 139 Å². The van der Waals surface area contributed by atoms with Gasteiger partial charge in [-0.05, 0) is 19.1 Å². The van der Waals surface area contributed by atoms with Crippen LogP contribution in [-0.4, -0.2) is 26.7 Å². The summed E-state index contributed by atoms with van der Waals surface area (Å²) in [6, 6.07) is 6.70. The van der Waals surface area contributed by atoms with Gasteiger partial charge in [0.05, 0.1) is 43.8 Å². The Morgan fingerprint density at radius 2 is 2.04 bits per heavy atom. The molecule has 1 aromatic heterocycles. The van der Waals surface area contributed by atoms with Crippen molar-refractivity contribution in [3.8, 4) is 11.5 Å². The van der Waals surface area contributed by atoms with Gasteiger partial charge >= 0.3 is 0 Å². The molecule has 6 nitrogen and oxygen atoms in total. The number of amides is 1. The van der Waals surface area contributed by atoms with E-state index in [9.17, 15) is 4.79 Å². The third-order valence-corrected chi connectivity index (χ3v) is 3.56. The minimum atomic E-state index is -0.207. The minimum Gasteiger partial charge on any atom is -0.495 e. The maximum atomic E-state index is 12.0. The zero-order valence-electron chi connectivity index (χ0n) is 13.2. The first-order chi connectivity index (χ1) is 11.0. The number of ether oxygens (including phenoxy) is 2. The molecule has 0 saturated heterocycles. The summed E-state index contributed by atoms with van der Waals surface area (Å²) >= 11 is 6.05. The predicted molar refractivity (Wildman–Crippen MR) is 88.3 cm³/mol. The topological polar surface area (TPSA) is 72.7 Å². The molecule has 7 heteroatoms. The van der Waals surface area contributed by atoms with Gasteiger partial charge in [-0.2, -0.15) is 0 Å². The van der Waals surface area contributed by atoms with E-state index < -0.39 is 0 Å². The summed E-state index contributed by atoms with van der Waals surface area (Å²) < 4.78 is 15.7. The number of carbonyl (C=O) groups excluding carboxylic acids is 1. The first kappa shape index (κ1) is 17.0. The molecule has 0 radical (unpaired) electrons. The molecule has 1 amide bonds. The second-order valence-electron chi connectivity index (χ2n) is 4.85. The third kappa shape index (κ3) is 4.32. The molecule has 1 atom stereocenters. The lowest BCUT2D eigenvalue weighted by Crippen LogP contribution is -2.31. The third-order valence-electron chi connectivity index (χ3n) is 3.26. The van der Waals surface area contributed by atoms with Crippen LogP contribution in [0.25, 0.3) is 0 Å². The van der Waals surface area contributed by atoms with E-state index >= 15 is 0 Å². The average Bonchev–Trinajstić information content (AvgIpc) is 3.07. The van der Waals surface area contributed by atoms with Crippen molar-refractivity contribution < 1.29 is 18.7 Å². The lowest BCUT2D eigenvalue weighted by Gasteiger charge is -2.15. The van der Waals surface area contributed by atoms with Crippen LogP contribution in [0.3, 0.4) is 0 Å². The van der Waals surface area contributed by atoms with Crippen LogP contribution in [0.2, 0.25) is 5.02 Å². The Kier molecular flexibility index (Phi) is 5.76. The van der Waals surface area contributed by atoms with E-state index in [0.29, 0.717) is 28.0 Å². The zero-order chi connectivity index (χ0) is 16.8. The Bertz CT molecular complexity index is 658.